The molecule has 0 unspecified atom stereocenters. The van der Waals surface area contributed by atoms with Gasteiger partial charge in [-0.1, -0.05) is 5.16 Å². The topological polar surface area (TPSA) is 35.3 Å². The first kappa shape index (κ1) is 5.31. The van der Waals surface area contributed by atoms with Crippen LogP contribution in [-0.4, -0.2) is 5.16 Å². The highest BCUT2D eigenvalue weighted by molar-refractivity contribution is 4.92. The Kier molecular flexibility index (Phi) is 1.64. The lowest BCUT2D eigenvalue weighted by atomic mass is 10.5. The van der Waals surface area contributed by atoms with Crippen LogP contribution >= 0.6 is 0 Å². The Balaban J connectivity index is 2.50. The summed E-state index contributed by atoms with van der Waals surface area (Å²) in [6.45, 7) is 0.413. The average molecular weight is 112 g/mol. The first-order valence-corrected chi connectivity index (χ1v) is 2.19. The van der Waals surface area contributed by atoms with Gasteiger partial charge in [0, 0.05) is 6.07 Å². The minimum atomic E-state index is 0.413. The molecule has 0 saturated carbocycles. The Morgan fingerprint density at radius 1 is 1.88 bits per heavy atom. The van der Waals surface area contributed by atoms with Gasteiger partial charge in [0.1, 0.15) is 12.0 Å². The Labute approximate surface area is 47.2 Å². The van der Waals surface area contributed by atoms with Crippen LogP contribution in [0.2, 0.25) is 0 Å². The van der Waals surface area contributed by atoms with Crippen LogP contribution in [0.3, 0.4) is 0 Å². The van der Waals surface area contributed by atoms with Crippen molar-refractivity contribution in [1.29, 1.82) is 0 Å². The van der Waals surface area contributed by atoms with Crippen LogP contribution in [0.5, 0.6) is 0 Å². The minimum Gasteiger partial charge on any atom is -0.373 e. The van der Waals surface area contributed by atoms with Gasteiger partial charge in [-0.25, -0.2) is 0 Å². The second-order valence-corrected chi connectivity index (χ2v) is 1.34. The molecule has 1 rings (SSSR count). The smallest absolute Gasteiger partial charge is 0.124 e. The minimum absolute atomic E-state index is 0.413. The van der Waals surface area contributed by atoms with Crippen LogP contribution in [0.4, 0.5) is 0 Å². The van der Waals surface area contributed by atoms with E-state index in [0.29, 0.717) is 6.61 Å². The predicted molar refractivity (Wildman–Crippen MR) is 26.6 cm³/mol. The van der Waals surface area contributed by atoms with Gasteiger partial charge in [0.15, 0.2) is 0 Å². The van der Waals surface area contributed by atoms with Crippen LogP contribution in [0.15, 0.2) is 16.9 Å². The van der Waals surface area contributed by atoms with Crippen molar-refractivity contribution in [1.82, 2.24) is 5.16 Å². The van der Waals surface area contributed by atoms with E-state index in [0.717, 1.165) is 5.69 Å². The zero-order valence-electron chi connectivity index (χ0n) is 4.33. The Hall–Kier alpha value is -0.830. The number of aromatic nitrogens is 1. The maximum absolute atomic E-state index is 4.51. The van der Waals surface area contributed by atoms with E-state index in [1.165, 1.54) is 6.26 Å². The molecule has 0 atom stereocenters. The Bertz CT molecular complexity index is 136. The molecule has 0 fully saturated rings. The van der Waals surface area contributed by atoms with E-state index < -0.39 is 0 Å². The molecule has 1 heterocycles. The van der Waals surface area contributed by atoms with Gasteiger partial charge in [-0.3, -0.25) is 0 Å². The molecule has 0 aromatic carbocycles. The van der Waals surface area contributed by atoms with Crippen molar-refractivity contribution in [3.63, 3.8) is 0 Å². The summed E-state index contributed by atoms with van der Waals surface area (Å²) in [6, 6.07) is 1.73. The molecule has 43 valence electrons. The summed E-state index contributed by atoms with van der Waals surface area (Å²) in [5.41, 5.74) is 0.764. The Morgan fingerprint density at radius 3 is 3.25 bits per heavy atom. The molecule has 8 heavy (non-hydrogen) atoms. The quantitative estimate of drug-likeness (QED) is 0.572. The summed E-state index contributed by atoms with van der Waals surface area (Å²) in [5.74, 6) is 0. The van der Waals surface area contributed by atoms with Gasteiger partial charge in [0.05, 0.1) is 13.7 Å². The first-order valence-electron chi connectivity index (χ1n) is 2.19. The van der Waals surface area contributed by atoms with Crippen molar-refractivity contribution in [2.24, 2.45) is 0 Å². The third-order valence-corrected chi connectivity index (χ3v) is 0.741. The van der Waals surface area contributed by atoms with E-state index in [1.807, 2.05) is 0 Å². The molecular formula is C5H6NO2. The standard InChI is InChI=1S/C5H6NO2/c1-7-4-5-2-3-8-6-5/h2-3H,1,4H2. The molecule has 0 amide bonds. The molecule has 0 aliphatic heterocycles. The number of rotatable bonds is 2. The van der Waals surface area contributed by atoms with Crippen molar-refractivity contribution in [2.45, 2.75) is 6.61 Å². The lowest BCUT2D eigenvalue weighted by Gasteiger charge is -1.86. The summed E-state index contributed by atoms with van der Waals surface area (Å²) >= 11 is 0. The van der Waals surface area contributed by atoms with Crippen molar-refractivity contribution in [3.05, 3.63) is 25.1 Å². The van der Waals surface area contributed by atoms with Gasteiger partial charge in [-0.2, -0.15) is 0 Å². The van der Waals surface area contributed by atoms with E-state index in [9.17, 15) is 0 Å². The second kappa shape index (κ2) is 2.47. The molecule has 0 spiro atoms. The molecule has 0 saturated heterocycles. The fourth-order valence-corrected chi connectivity index (χ4v) is 0.417. The molecule has 3 nitrogen and oxygen atoms in total. The predicted octanol–water partition coefficient (Wildman–Crippen LogP) is 0.983. The van der Waals surface area contributed by atoms with Crippen LogP contribution in [0.1, 0.15) is 5.69 Å². The third-order valence-electron chi connectivity index (χ3n) is 0.741. The first-order chi connectivity index (χ1) is 3.93. The Morgan fingerprint density at radius 2 is 2.75 bits per heavy atom. The normalized spacial score (nSPS) is 9.62. The maximum atomic E-state index is 4.51. The zero-order valence-corrected chi connectivity index (χ0v) is 4.33. The fraction of sp³-hybridized carbons (Fsp3) is 0.200. The number of ether oxygens (including phenoxy) is 1. The largest absolute Gasteiger partial charge is 0.373 e. The summed E-state index contributed by atoms with van der Waals surface area (Å²) in [5, 5.41) is 3.57. The lowest BCUT2D eigenvalue weighted by molar-refractivity contribution is 0.219. The molecule has 1 radical (unpaired) electrons. The molecule has 0 aliphatic carbocycles. The molecule has 0 N–H and O–H groups in total. The van der Waals surface area contributed by atoms with E-state index in [4.69, 9.17) is 0 Å². The highest BCUT2D eigenvalue weighted by Gasteiger charge is 1.90. The summed E-state index contributed by atoms with van der Waals surface area (Å²) < 4.78 is 9.02. The monoisotopic (exact) mass is 112 g/mol. The van der Waals surface area contributed by atoms with Gasteiger partial charge in [0.2, 0.25) is 0 Å². The molecule has 3 heteroatoms. The number of nitrogens with zero attached hydrogens (tertiary/aromatic N) is 1. The summed E-state index contributed by atoms with van der Waals surface area (Å²) in [7, 11) is 3.18. The highest BCUT2D eigenvalue weighted by atomic mass is 16.5. The fourth-order valence-electron chi connectivity index (χ4n) is 0.417. The van der Waals surface area contributed by atoms with E-state index in [-0.39, 0.29) is 0 Å². The van der Waals surface area contributed by atoms with Crippen LogP contribution in [0, 0.1) is 7.11 Å². The zero-order chi connectivity index (χ0) is 5.82. The van der Waals surface area contributed by atoms with Gasteiger partial charge in [0.25, 0.3) is 0 Å². The van der Waals surface area contributed by atoms with Crippen molar-refractivity contribution >= 4 is 0 Å². The lowest BCUT2D eigenvalue weighted by Crippen LogP contribution is -1.82. The van der Waals surface area contributed by atoms with Crippen molar-refractivity contribution < 1.29 is 9.26 Å². The van der Waals surface area contributed by atoms with E-state index >= 15 is 0 Å². The van der Waals surface area contributed by atoms with Crippen LogP contribution in [0.25, 0.3) is 0 Å². The van der Waals surface area contributed by atoms with E-state index in [1.54, 1.807) is 6.07 Å². The molecule has 0 bridgehead atoms. The summed E-state index contributed by atoms with van der Waals surface area (Å²) in [6.07, 6.45) is 1.49. The maximum Gasteiger partial charge on any atom is 0.124 e. The van der Waals surface area contributed by atoms with Crippen LogP contribution in [-0.2, 0) is 11.3 Å². The van der Waals surface area contributed by atoms with Gasteiger partial charge < -0.3 is 9.26 Å². The second-order valence-electron chi connectivity index (χ2n) is 1.34. The molecule has 0 aliphatic rings. The number of hydrogen-bond donors (Lipinski definition) is 0. The van der Waals surface area contributed by atoms with Crippen LogP contribution < -0.4 is 0 Å². The molecule has 1 aromatic heterocycles. The van der Waals surface area contributed by atoms with Gasteiger partial charge >= 0.3 is 0 Å². The SMILES string of the molecule is [CH2]OCc1ccon1. The average Bonchev–Trinajstić information content (AvgIpc) is 2.19. The number of hydrogen-bond acceptors (Lipinski definition) is 3. The van der Waals surface area contributed by atoms with Gasteiger partial charge in [-0.15, -0.1) is 0 Å². The van der Waals surface area contributed by atoms with Crippen molar-refractivity contribution in [3.8, 4) is 0 Å². The molecule has 1 aromatic rings. The highest BCUT2D eigenvalue weighted by Crippen LogP contribution is 1.94. The van der Waals surface area contributed by atoms with Crippen molar-refractivity contribution in [2.75, 3.05) is 0 Å². The summed E-state index contributed by atoms with van der Waals surface area (Å²) in [4.78, 5) is 0. The van der Waals surface area contributed by atoms with E-state index in [2.05, 4.69) is 21.5 Å². The third kappa shape index (κ3) is 1.07. The molecular weight excluding hydrogens is 106 g/mol. The van der Waals surface area contributed by atoms with Gasteiger partial charge in [-0.05, 0) is 0 Å².